The number of rotatable bonds is 9. The largest absolute Gasteiger partial charge is 0.352 e. The molecule has 80 valence electrons. The van der Waals surface area contributed by atoms with Crippen molar-refractivity contribution in [2.24, 2.45) is 5.73 Å². The van der Waals surface area contributed by atoms with Gasteiger partial charge in [0.1, 0.15) is 0 Å². The van der Waals surface area contributed by atoms with E-state index in [1.807, 2.05) is 13.8 Å². The number of hydrogen-bond acceptors (Lipinski definition) is 4. The molecular formula is C9H22N2O2. The SMILES string of the molecule is CCOC(CNCCCN)OCC. The van der Waals surface area contributed by atoms with Gasteiger partial charge in [-0.3, -0.25) is 0 Å². The van der Waals surface area contributed by atoms with Gasteiger partial charge in [-0.1, -0.05) is 0 Å². The highest BCUT2D eigenvalue weighted by atomic mass is 16.7. The average Bonchev–Trinajstić information content (AvgIpc) is 2.13. The quantitative estimate of drug-likeness (QED) is 0.406. The molecule has 0 aromatic rings. The van der Waals surface area contributed by atoms with Crippen LogP contribution in [0.5, 0.6) is 0 Å². The Balaban J connectivity index is 3.33. The van der Waals surface area contributed by atoms with Gasteiger partial charge in [-0.2, -0.15) is 0 Å². The third kappa shape index (κ3) is 8.18. The summed E-state index contributed by atoms with van der Waals surface area (Å²) in [5, 5.41) is 3.23. The van der Waals surface area contributed by atoms with Crippen molar-refractivity contribution < 1.29 is 9.47 Å². The van der Waals surface area contributed by atoms with Crippen LogP contribution < -0.4 is 11.1 Å². The molecule has 0 spiro atoms. The molecule has 0 radical (unpaired) electrons. The molecule has 0 fully saturated rings. The highest BCUT2D eigenvalue weighted by molar-refractivity contribution is 4.52. The van der Waals surface area contributed by atoms with Crippen LogP contribution in [0.4, 0.5) is 0 Å². The Morgan fingerprint density at radius 1 is 1.23 bits per heavy atom. The van der Waals surface area contributed by atoms with Gasteiger partial charge in [0, 0.05) is 19.8 Å². The first-order valence-corrected chi connectivity index (χ1v) is 4.99. The summed E-state index contributed by atoms with van der Waals surface area (Å²) in [7, 11) is 0. The topological polar surface area (TPSA) is 56.5 Å². The van der Waals surface area contributed by atoms with Crippen LogP contribution in [0.15, 0.2) is 0 Å². The normalized spacial score (nSPS) is 11.1. The van der Waals surface area contributed by atoms with Gasteiger partial charge in [0.15, 0.2) is 6.29 Å². The second-order valence-corrected chi connectivity index (χ2v) is 2.69. The van der Waals surface area contributed by atoms with Crippen molar-refractivity contribution in [1.82, 2.24) is 5.32 Å². The lowest BCUT2D eigenvalue weighted by atomic mass is 10.4. The molecule has 0 aromatic carbocycles. The second-order valence-electron chi connectivity index (χ2n) is 2.69. The van der Waals surface area contributed by atoms with E-state index in [1.165, 1.54) is 0 Å². The summed E-state index contributed by atoms with van der Waals surface area (Å²) >= 11 is 0. The molecule has 0 atom stereocenters. The molecule has 4 heteroatoms. The maximum atomic E-state index is 5.36. The molecule has 3 N–H and O–H groups in total. The Morgan fingerprint density at radius 3 is 2.31 bits per heavy atom. The molecule has 0 amide bonds. The minimum atomic E-state index is -0.118. The van der Waals surface area contributed by atoms with Gasteiger partial charge in [-0.25, -0.2) is 0 Å². The molecule has 13 heavy (non-hydrogen) atoms. The van der Waals surface area contributed by atoms with Gasteiger partial charge in [0.05, 0.1) is 0 Å². The highest BCUT2D eigenvalue weighted by Gasteiger charge is 2.05. The Hall–Kier alpha value is -0.160. The van der Waals surface area contributed by atoms with Gasteiger partial charge in [-0.05, 0) is 33.4 Å². The molecule has 0 unspecified atom stereocenters. The first-order valence-electron chi connectivity index (χ1n) is 4.99. The minimum absolute atomic E-state index is 0.118. The van der Waals surface area contributed by atoms with Crippen molar-refractivity contribution in [3.8, 4) is 0 Å². The van der Waals surface area contributed by atoms with Crippen molar-refractivity contribution in [3.63, 3.8) is 0 Å². The summed E-state index contributed by atoms with van der Waals surface area (Å²) in [4.78, 5) is 0. The van der Waals surface area contributed by atoms with Crippen LogP contribution in [-0.2, 0) is 9.47 Å². The smallest absolute Gasteiger partial charge is 0.169 e. The van der Waals surface area contributed by atoms with Crippen LogP contribution in [0.3, 0.4) is 0 Å². The summed E-state index contributed by atoms with van der Waals surface area (Å²) in [6.45, 7) is 7.68. The molecule has 0 rings (SSSR count). The average molecular weight is 190 g/mol. The zero-order valence-corrected chi connectivity index (χ0v) is 8.71. The molecule has 0 heterocycles. The van der Waals surface area contributed by atoms with E-state index in [9.17, 15) is 0 Å². The van der Waals surface area contributed by atoms with Gasteiger partial charge in [0.25, 0.3) is 0 Å². The van der Waals surface area contributed by atoms with Crippen molar-refractivity contribution >= 4 is 0 Å². The molecule has 0 saturated heterocycles. The van der Waals surface area contributed by atoms with Crippen LogP contribution in [0.2, 0.25) is 0 Å². The van der Waals surface area contributed by atoms with E-state index >= 15 is 0 Å². The molecule has 0 bridgehead atoms. The fraction of sp³-hybridized carbons (Fsp3) is 1.00. The summed E-state index contributed by atoms with van der Waals surface area (Å²) in [6, 6.07) is 0. The van der Waals surface area contributed by atoms with Crippen molar-refractivity contribution in [1.29, 1.82) is 0 Å². The monoisotopic (exact) mass is 190 g/mol. The van der Waals surface area contributed by atoms with Crippen molar-refractivity contribution in [2.45, 2.75) is 26.6 Å². The predicted molar refractivity (Wildman–Crippen MR) is 53.6 cm³/mol. The van der Waals surface area contributed by atoms with E-state index in [1.54, 1.807) is 0 Å². The fourth-order valence-electron chi connectivity index (χ4n) is 0.985. The Bertz CT molecular complexity index is 95.6. The molecule has 0 aromatic heterocycles. The lowest BCUT2D eigenvalue weighted by molar-refractivity contribution is -0.132. The van der Waals surface area contributed by atoms with Crippen molar-refractivity contribution in [2.75, 3.05) is 32.8 Å². The molecule has 0 aliphatic carbocycles. The predicted octanol–water partition coefficient (Wildman–Crippen LogP) is 0.324. The Morgan fingerprint density at radius 2 is 1.85 bits per heavy atom. The minimum Gasteiger partial charge on any atom is -0.352 e. The first kappa shape index (κ1) is 12.8. The summed E-state index contributed by atoms with van der Waals surface area (Å²) in [6.07, 6.45) is 0.873. The van der Waals surface area contributed by atoms with Gasteiger partial charge < -0.3 is 20.5 Å². The summed E-state index contributed by atoms with van der Waals surface area (Å²) in [5.41, 5.74) is 5.36. The van der Waals surface area contributed by atoms with E-state index in [0.29, 0.717) is 13.2 Å². The fourth-order valence-corrected chi connectivity index (χ4v) is 0.985. The zero-order valence-electron chi connectivity index (χ0n) is 8.71. The second kappa shape index (κ2) is 9.92. The van der Waals surface area contributed by atoms with Crippen molar-refractivity contribution in [3.05, 3.63) is 0 Å². The lowest BCUT2D eigenvalue weighted by Crippen LogP contribution is -2.32. The molecule has 0 aliphatic rings. The van der Waals surface area contributed by atoms with Crippen LogP contribution in [0.25, 0.3) is 0 Å². The molecule has 4 nitrogen and oxygen atoms in total. The summed E-state index contributed by atoms with van der Waals surface area (Å²) in [5.74, 6) is 0. The maximum Gasteiger partial charge on any atom is 0.169 e. The number of hydrogen-bond donors (Lipinski definition) is 2. The van der Waals surface area contributed by atoms with Gasteiger partial charge in [0.2, 0.25) is 0 Å². The van der Waals surface area contributed by atoms with Crippen LogP contribution in [-0.4, -0.2) is 39.1 Å². The van der Waals surface area contributed by atoms with Crippen LogP contribution >= 0.6 is 0 Å². The Labute approximate surface area is 80.8 Å². The highest BCUT2D eigenvalue weighted by Crippen LogP contribution is 1.92. The summed E-state index contributed by atoms with van der Waals surface area (Å²) < 4.78 is 10.7. The van der Waals surface area contributed by atoms with Crippen LogP contribution in [0, 0.1) is 0 Å². The first-order chi connectivity index (χ1) is 6.35. The zero-order chi connectivity index (χ0) is 9.94. The number of nitrogens with one attached hydrogen (secondary N) is 1. The molecular weight excluding hydrogens is 168 g/mol. The van der Waals surface area contributed by atoms with Gasteiger partial charge in [-0.15, -0.1) is 0 Å². The third-order valence-electron chi connectivity index (χ3n) is 1.57. The van der Waals surface area contributed by atoms with E-state index in [0.717, 1.165) is 26.1 Å². The van der Waals surface area contributed by atoms with Gasteiger partial charge >= 0.3 is 0 Å². The standard InChI is InChI=1S/C9H22N2O2/c1-3-12-9(13-4-2)8-11-7-5-6-10/h9,11H,3-8,10H2,1-2H3. The van der Waals surface area contributed by atoms with E-state index in [4.69, 9.17) is 15.2 Å². The maximum absolute atomic E-state index is 5.36. The molecule has 0 saturated carbocycles. The lowest BCUT2D eigenvalue weighted by Gasteiger charge is -2.17. The Kier molecular flexibility index (Phi) is 9.80. The number of nitrogens with two attached hydrogens (primary N) is 1. The molecule has 0 aliphatic heterocycles. The third-order valence-corrected chi connectivity index (χ3v) is 1.57. The van der Waals surface area contributed by atoms with Crippen LogP contribution in [0.1, 0.15) is 20.3 Å². The van der Waals surface area contributed by atoms with E-state index < -0.39 is 0 Å². The van der Waals surface area contributed by atoms with E-state index in [2.05, 4.69) is 5.32 Å². The van der Waals surface area contributed by atoms with E-state index in [-0.39, 0.29) is 6.29 Å². The number of ether oxygens (including phenoxy) is 2.